The largest absolute Gasteiger partial charge is 0.349 e. The highest BCUT2D eigenvalue weighted by molar-refractivity contribution is 7.89. The lowest BCUT2D eigenvalue weighted by Crippen LogP contribution is -2.44. The summed E-state index contributed by atoms with van der Waals surface area (Å²) in [4.78, 5) is 16.3. The molecule has 1 aromatic carbocycles. The van der Waals surface area contributed by atoms with Crippen molar-refractivity contribution in [2.45, 2.75) is 37.1 Å². The van der Waals surface area contributed by atoms with Crippen LogP contribution in [0.25, 0.3) is 11.3 Å². The molecule has 2 aromatic rings. The summed E-state index contributed by atoms with van der Waals surface area (Å²) >= 11 is 1.56. The lowest BCUT2D eigenvalue weighted by molar-refractivity contribution is -0.117. The molecule has 3 rings (SSSR count). The molecule has 1 saturated heterocycles. The molecule has 144 valence electrons. The predicted octanol–water partition coefficient (Wildman–Crippen LogP) is 2.96. The van der Waals surface area contributed by atoms with E-state index in [2.05, 4.69) is 16.9 Å². The Morgan fingerprint density at radius 1 is 1.33 bits per heavy atom. The first kappa shape index (κ1) is 19.7. The van der Waals surface area contributed by atoms with Crippen LogP contribution in [0.2, 0.25) is 0 Å². The average Bonchev–Trinajstić information content (AvgIpc) is 2.95. The summed E-state index contributed by atoms with van der Waals surface area (Å²) < 4.78 is 27.6. The van der Waals surface area contributed by atoms with Gasteiger partial charge in [0.05, 0.1) is 15.6 Å². The Morgan fingerprint density at radius 2 is 2.07 bits per heavy atom. The van der Waals surface area contributed by atoms with E-state index < -0.39 is 10.0 Å². The molecule has 1 amide bonds. The van der Waals surface area contributed by atoms with Crippen molar-refractivity contribution in [1.29, 1.82) is 0 Å². The minimum Gasteiger partial charge on any atom is -0.349 e. The van der Waals surface area contributed by atoms with E-state index in [1.165, 1.54) is 10.4 Å². The van der Waals surface area contributed by atoms with Crippen LogP contribution in [0.1, 0.15) is 24.3 Å². The number of benzene rings is 1. The Hall–Kier alpha value is -2.03. The van der Waals surface area contributed by atoms with Crippen molar-refractivity contribution in [3.05, 3.63) is 47.3 Å². The number of thiazole rings is 1. The molecule has 6 nitrogen and oxygen atoms in total. The summed E-state index contributed by atoms with van der Waals surface area (Å²) in [7, 11) is -3.62. The van der Waals surface area contributed by atoms with Gasteiger partial charge in [0.2, 0.25) is 15.9 Å². The lowest BCUT2D eigenvalue weighted by Gasteiger charge is -2.24. The van der Waals surface area contributed by atoms with Gasteiger partial charge in [0.1, 0.15) is 0 Å². The second-order valence-electron chi connectivity index (χ2n) is 6.54. The van der Waals surface area contributed by atoms with Gasteiger partial charge in [-0.15, -0.1) is 11.3 Å². The summed E-state index contributed by atoms with van der Waals surface area (Å²) in [6.45, 7) is 6.12. The van der Waals surface area contributed by atoms with E-state index >= 15 is 0 Å². The van der Waals surface area contributed by atoms with Crippen LogP contribution in [0.5, 0.6) is 0 Å². The molecule has 8 heteroatoms. The van der Waals surface area contributed by atoms with Gasteiger partial charge in [-0.2, -0.15) is 4.31 Å². The van der Waals surface area contributed by atoms with Crippen LogP contribution in [-0.2, 0) is 14.8 Å². The maximum absolute atomic E-state index is 13.1. The molecule has 0 radical (unpaired) electrons. The monoisotopic (exact) mass is 405 g/mol. The van der Waals surface area contributed by atoms with Crippen LogP contribution in [0.15, 0.2) is 47.2 Å². The third kappa shape index (κ3) is 4.63. The van der Waals surface area contributed by atoms with E-state index in [0.29, 0.717) is 6.54 Å². The van der Waals surface area contributed by atoms with Crippen molar-refractivity contribution in [1.82, 2.24) is 14.6 Å². The first-order valence-corrected chi connectivity index (χ1v) is 11.2. The number of amides is 1. The van der Waals surface area contributed by atoms with E-state index in [0.717, 1.165) is 35.5 Å². The number of rotatable bonds is 5. The van der Waals surface area contributed by atoms with Gasteiger partial charge in [0.15, 0.2) is 0 Å². The van der Waals surface area contributed by atoms with Crippen LogP contribution in [0, 0.1) is 6.92 Å². The molecule has 0 saturated carbocycles. The Morgan fingerprint density at radius 3 is 2.70 bits per heavy atom. The van der Waals surface area contributed by atoms with Crippen LogP contribution >= 0.6 is 11.3 Å². The molecule has 0 bridgehead atoms. The van der Waals surface area contributed by atoms with E-state index in [9.17, 15) is 13.2 Å². The normalized spacial score (nSPS) is 18.6. The van der Waals surface area contributed by atoms with Crippen LogP contribution in [-0.4, -0.2) is 42.7 Å². The van der Waals surface area contributed by atoms with Crippen molar-refractivity contribution in [2.24, 2.45) is 0 Å². The topological polar surface area (TPSA) is 79.4 Å². The van der Waals surface area contributed by atoms with Crippen molar-refractivity contribution >= 4 is 27.3 Å². The number of hydrogen-bond donors (Lipinski definition) is 1. The summed E-state index contributed by atoms with van der Waals surface area (Å²) in [5.41, 5.74) is 1.74. The summed E-state index contributed by atoms with van der Waals surface area (Å²) in [6, 6.07) is 6.63. The van der Waals surface area contributed by atoms with E-state index in [-0.39, 0.29) is 23.4 Å². The summed E-state index contributed by atoms with van der Waals surface area (Å²) in [5.74, 6) is -0.276. The Kier molecular flexibility index (Phi) is 6.08. The molecule has 1 N–H and O–H groups in total. The number of carbonyl (C=O) groups is 1. The molecule has 0 spiro atoms. The lowest BCUT2D eigenvalue weighted by atomic mass is 10.1. The number of hydrogen-bond acceptors (Lipinski definition) is 5. The minimum atomic E-state index is -3.62. The fourth-order valence-corrected chi connectivity index (χ4v) is 5.29. The number of aromatic nitrogens is 1. The predicted molar refractivity (Wildman–Crippen MR) is 107 cm³/mol. The first-order chi connectivity index (χ1) is 12.9. The van der Waals surface area contributed by atoms with Crippen LogP contribution < -0.4 is 5.32 Å². The number of nitrogens with one attached hydrogen (secondary N) is 1. The van der Waals surface area contributed by atoms with Crippen LogP contribution in [0.4, 0.5) is 0 Å². The van der Waals surface area contributed by atoms with Crippen LogP contribution in [0.3, 0.4) is 0 Å². The van der Waals surface area contributed by atoms with Crippen molar-refractivity contribution < 1.29 is 13.2 Å². The maximum Gasteiger partial charge on any atom is 0.243 e. The van der Waals surface area contributed by atoms with Gasteiger partial charge in [-0.05, 0) is 38.0 Å². The molecule has 1 atom stereocenters. The highest BCUT2D eigenvalue weighted by Gasteiger charge is 2.29. The second-order valence-corrected chi connectivity index (χ2v) is 9.54. The zero-order valence-electron chi connectivity index (χ0n) is 15.2. The minimum absolute atomic E-state index is 0.204. The fourth-order valence-electron chi connectivity index (χ4n) is 3.15. The zero-order chi connectivity index (χ0) is 19.4. The van der Waals surface area contributed by atoms with Gasteiger partial charge >= 0.3 is 0 Å². The van der Waals surface area contributed by atoms with Gasteiger partial charge in [-0.3, -0.25) is 4.79 Å². The molecule has 1 aliphatic heterocycles. The molecule has 1 fully saturated rings. The molecule has 1 aliphatic rings. The molecular weight excluding hydrogens is 382 g/mol. The first-order valence-electron chi connectivity index (χ1n) is 8.86. The zero-order valence-corrected chi connectivity index (χ0v) is 16.9. The van der Waals surface area contributed by atoms with Gasteiger partial charge in [-0.25, -0.2) is 13.4 Å². The second kappa shape index (κ2) is 8.33. The van der Waals surface area contributed by atoms with Gasteiger partial charge in [0, 0.05) is 30.1 Å². The molecule has 0 aliphatic carbocycles. The van der Waals surface area contributed by atoms with E-state index in [4.69, 9.17) is 0 Å². The maximum atomic E-state index is 13.1. The smallest absolute Gasteiger partial charge is 0.243 e. The third-order valence-corrected chi connectivity index (χ3v) is 7.23. The fraction of sp³-hybridized carbons (Fsp3) is 0.368. The standard InChI is InChI=1S/C19H23N3O3S2/c1-3-19(23)21-16-6-4-5-11-22(12-16)27(24,25)17-9-7-15(8-10-17)18-13-26-14(2)20-18/h3,7-10,13,16H,1,4-6,11-12H2,2H3,(H,21,23). The number of nitrogens with zero attached hydrogens (tertiary/aromatic N) is 2. The highest BCUT2D eigenvalue weighted by atomic mass is 32.2. The SMILES string of the molecule is C=CC(=O)NC1CCCCN(S(=O)(=O)c2ccc(-c3csc(C)n3)cc2)C1. The quantitative estimate of drug-likeness (QED) is 0.776. The average molecular weight is 406 g/mol. The molecule has 27 heavy (non-hydrogen) atoms. The number of carbonyl (C=O) groups excluding carboxylic acids is 1. The Bertz CT molecular complexity index is 920. The number of aryl methyl sites for hydroxylation is 1. The van der Waals surface area contributed by atoms with Crippen molar-refractivity contribution in [3.63, 3.8) is 0 Å². The van der Waals surface area contributed by atoms with Gasteiger partial charge in [0.25, 0.3) is 0 Å². The Labute approximate surface area is 164 Å². The van der Waals surface area contributed by atoms with Crippen molar-refractivity contribution in [3.8, 4) is 11.3 Å². The molecule has 1 unspecified atom stereocenters. The number of sulfonamides is 1. The van der Waals surface area contributed by atoms with E-state index in [1.807, 2.05) is 12.3 Å². The summed E-state index contributed by atoms with van der Waals surface area (Å²) in [5, 5.41) is 5.75. The third-order valence-electron chi connectivity index (χ3n) is 4.57. The molecule has 1 aromatic heterocycles. The van der Waals surface area contributed by atoms with Gasteiger partial charge in [-0.1, -0.05) is 25.1 Å². The summed E-state index contributed by atoms with van der Waals surface area (Å²) in [6.07, 6.45) is 3.61. The Balaban J connectivity index is 1.79. The van der Waals surface area contributed by atoms with Crippen molar-refractivity contribution in [2.75, 3.05) is 13.1 Å². The molecular formula is C19H23N3O3S2. The highest BCUT2D eigenvalue weighted by Crippen LogP contribution is 2.25. The molecule has 2 heterocycles. The van der Waals surface area contributed by atoms with Gasteiger partial charge < -0.3 is 5.32 Å². The van der Waals surface area contributed by atoms with E-state index in [1.54, 1.807) is 35.6 Å².